The number of nitrogens with zero attached hydrogens (tertiary/aromatic N) is 1. The van der Waals surface area contributed by atoms with Gasteiger partial charge in [0, 0.05) is 29.2 Å². The van der Waals surface area contributed by atoms with E-state index < -0.39 is 0 Å². The van der Waals surface area contributed by atoms with E-state index >= 15 is 0 Å². The van der Waals surface area contributed by atoms with Gasteiger partial charge in [-0.1, -0.05) is 28.9 Å². The number of carbonyl (C=O) groups is 1. The molecule has 1 aliphatic heterocycles. The molecule has 1 amide bonds. The van der Waals surface area contributed by atoms with Crippen LogP contribution < -0.4 is 21.7 Å². The highest BCUT2D eigenvalue weighted by Gasteiger charge is 2.16. The molecule has 0 bridgehead atoms. The van der Waals surface area contributed by atoms with Crippen LogP contribution in [-0.4, -0.2) is 28.7 Å². The molecular weight excluding hydrogens is 338 g/mol. The predicted molar refractivity (Wildman–Crippen MR) is 89.3 cm³/mol. The van der Waals surface area contributed by atoms with Gasteiger partial charge in [-0.3, -0.25) is 4.79 Å². The summed E-state index contributed by atoms with van der Waals surface area (Å²) in [6.45, 7) is 1.14. The van der Waals surface area contributed by atoms with Crippen molar-refractivity contribution in [3.8, 4) is 11.3 Å². The van der Waals surface area contributed by atoms with Gasteiger partial charge < -0.3 is 9.84 Å². The average Bonchev–Trinajstić information content (AvgIpc) is 3.23. The maximum absolute atomic E-state index is 11.9. The lowest BCUT2D eigenvalue weighted by Gasteiger charge is -2.08. The van der Waals surface area contributed by atoms with Gasteiger partial charge in [0.15, 0.2) is 0 Å². The van der Waals surface area contributed by atoms with Gasteiger partial charge in [-0.25, -0.2) is 10.9 Å². The monoisotopic (exact) mass is 353 g/mol. The second-order valence-electron chi connectivity index (χ2n) is 4.92. The number of hydrazine groups is 2. The molecule has 0 aliphatic carbocycles. The SMILES string of the molecule is O=C(CSC1CNNN1)NCc1conc1-c1ccc(Cl)cc1. The molecule has 4 N–H and O–H groups in total. The van der Waals surface area contributed by atoms with Crippen LogP contribution in [0.5, 0.6) is 0 Å². The molecule has 122 valence electrons. The molecule has 3 rings (SSSR count). The van der Waals surface area contributed by atoms with Crippen LogP contribution in [0, 0.1) is 0 Å². The molecule has 1 fully saturated rings. The number of hydrogen-bond acceptors (Lipinski definition) is 7. The Morgan fingerprint density at radius 1 is 1.43 bits per heavy atom. The highest BCUT2D eigenvalue weighted by Crippen LogP contribution is 2.23. The Bertz CT molecular complexity index is 657. The first-order valence-electron chi connectivity index (χ1n) is 7.03. The lowest BCUT2D eigenvalue weighted by molar-refractivity contribution is -0.118. The number of carbonyl (C=O) groups excluding carboxylic acids is 1. The second kappa shape index (κ2) is 7.80. The van der Waals surface area contributed by atoms with Gasteiger partial charge in [-0.2, -0.15) is 5.53 Å². The molecule has 2 heterocycles. The first-order chi connectivity index (χ1) is 11.2. The number of hydrogen-bond donors (Lipinski definition) is 4. The molecule has 7 nitrogen and oxygen atoms in total. The zero-order chi connectivity index (χ0) is 16.1. The van der Waals surface area contributed by atoms with Crippen LogP contribution in [0.2, 0.25) is 5.02 Å². The van der Waals surface area contributed by atoms with E-state index in [2.05, 4.69) is 26.9 Å². The second-order valence-corrected chi connectivity index (χ2v) is 6.55. The van der Waals surface area contributed by atoms with Crippen molar-refractivity contribution in [1.29, 1.82) is 0 Å². The van der Waals surface area contributed by atoms with Crippen molar-refractivity contribution in [2.45, 2.75) is 11.9 Å². The number of thioether (sulfide) groups is 1. The summed E-state index contributed by atoms with van der Waals surface area (Å²) >= 11 is 7.42. The van der Waals surface area contributed by atoms with Gasteiger partial charge in [0.1, 0.15) is 12.0 Å². The van der Waals surface area contributed by atoms with Crippen LogP contribution in [0.4, 0.5) is 0 Å². The summed E-state index contributed by atoms with van der Waals surface area (Å²) in [5, 5.41) is 7.72. The molecule has 1 aromatic carbocycles. The molecule has 9 heteroatoms. The third kappa shape index (κ3) is 4.46. The number of benzene rings is 1. The smallest absolute Gasteiger partial charge is 0.230 e. The molecule has 2 aromatic rings. The first-order valence-corrected chi connectivity index (χ1v) is 8.46. The van der Waals surface area contributed by atoms with Crippen molar-refractivity contribution in [2.24, 2.45) is 0 Å². The summed E-state index contributed by atoms with van der Waals surface area (Å²) < 4.78 is 5.04. The summed E-state index contributed by atoms with van der Waals surface area (Å²) in [6, 6.07) is 7.32. The number of nitrogens with one attached hydrogen (secondary N) is 4. The number of halogens is 1. The van der Waals surface area contributed by atoms with Gasteiger partial charge in [0.05, 0.1) is 11.1 Å². The van der Waals surface area contributed by atoms with E-state index in [1.54, 1.807) is 18.4 Å². The average molecular weight is 354 g/mol. The summed E-state index contributed by atoms with van der Waals surface area (Å²) in [7, 11) is 0. The molecule has 1 unspecified atom stereocenters. The Hall–Kier alpha value is -1.58. The van der Waals surface area contributed by atoms with Gasteiger partial charge in [0.2, 0.25) is 5.91 Å². The topological polar surface area (TPSA) is 91.2 Å². The van der Waals surface area contributed by atoms with E-state index in [1.807, 2.05) is 12.1 Å². The Morgan fingerprint density at radius 3 is 3.00 bits per heavy atom. The van der Waals surface area contributed by atoms with Crippen LogP contribution in [0.1, 0.15) is 5.56 Å². The minimum absolute atomic E-state index is 0.0352. The molecule has 1 aromatic heterocycles. The highest BCUT2D eigenvalue weighted by atomic mass is 35.5. The standard InChI is InChI=1S/C14H16ClN5O2S/c15-11-3-1-9(2-4-11)14-10(7-22-19-14)5-16-12(21)8-23-13-6-17-20-18-13/h1-4,7,13,17-18,20H,5-6,8H2,(H,16,21). The molecule has 0 radical (unpaired) electrons. The van der Waals surface area contributed by atoms with Crippen molar-refractivity contribution in [3.05, 3.63) is 41.1 Å². The zero-order valence-electron chi connectivity index (χ0n) is 12.1. The van der Waals surface area contributed by atoms with Gasteiger partial charge in [-0.05, 0) is 12.1 Å². The van der Waals surface area contributed by atoms with Crippen molar-refractivity contribution >= 4 is 29.3 Å². The summed E-state index contributed by atoms with van der Waals surface area (Å²) in [6.07, 6.45) is 1.55. The van der Waals surface area contributed by atoms with E-state index in [-0.39, 0.29) is 11.3 Å². The molecule has 0 spiro atoms. The van der Waals surface area contributed by atoms with Crippen LogP contribution in [0.25, 0.3) is 11.3 Å². The Labute approximate surface area is 142 Å². The zero-order valence-corrected chi connectivity index (χ0v) is 13.7. The fourth-order valence-corrected chi connectivity index (χ4v) is 3.00. The molecular formula is C14H16ClN5O2S. The quantitative estimate of drug-likeness (QED) is 0.622. The maximum atomic E-state index is 11.9. The first kappa shape index (κ1) is 16.3. The van der Waals surface area contributed by atoms with Crippen molar-refractivity contribution in [2.75, 3.05) is 12.3 Å². The highest BCUT2D eigenvalue weighted by molar-refractivity contribution is 8.00. The minimum Gasteiger partial charge on any atom is -0.364 e. The van der Waals surface area contributed by atoms with Crippen molar-refractivity contribution < 1.29 is 9.32 Å². The van der Waals surface area contributed by atoms with E-state index in [4.69, 9.17) is 16.1 Å². The molecule has 23 heavy (non-hydrogen) atoms. The summed E-state index contributed by atoms with van der Waals surface area (Å²) in [4.78, 5) is 11.9. The Morgan fingerprint density at radius 2 is 2.26 bits per heavy atom. The third-order valence-electron chi connectivity index (χ3n) is 3.26. The molecule has 0 saturated carbocycles. The van der Waals surface area contributed by atoms with Crippen LogP contribution in [0.3, 0.4) is 0 Å². The van der Waals surface area contributed by atoms with Gasteiger partial charge >= 0.3 is 0 Å². The van der Waals surface area contributed by atoms with Crippen molar-refractivity contribution in [1.82, 2.24) is 26.9 Å². The van der Waals surface area contributed by atoms with Crippen LogP contribution >= 0.6 is 23.4 Å². The van der Waals surface area contributed by atoms with Crippen molar-refractivity contribution in [3.63, 3.8) is 0 Å². The van der Waals surface area contributed by atoms with E-state index in [0.717, 1.165) is 17.7 Å². The molecule has 1 aliphatic rings. The molecule has 1 atom stereocenters. The third-order valence-corrected chi connectivity index (χ3v) is 4.63. The number of aromatic nitrogens is 1. The normalized spacial score (nSPS) is 17.3. The summed E-state index contributed by atoms with van der Waals surface area (Å²) in [5.74, 6) is 0.342. The lowest BCUT2D eigenvalue weighted by Crippen LogP contribution is -2.33. The number of amides is 1. The predicted octanol–water partition coefficient (Wildman–Crippen LogP) is 1.28. The van der Waals surface area contributed by atoms with E-state index in [1.165, 1.54) is 11.8 Å². The lowest BCUT2D eigenvalue weighted by atomic mass is 10.1. The minimum atomic E-state index is -0.0352. The fourth-order valence-electron chi connectivity index (χ4n) is 2.08. The Balaban J connectivity index is 1.53. The van der Waals surface area contributed by atoms with Gasteiger partial charge in [0.25, 0.3) is 0 Å². The number of rotatable bonds is 6. The maximum Gasteiger partial charge on any atom is 0.230 e. The van der Waals surface area contributed by atoms with E-state index in [0.29, 0.717) is 23.0 Å². The van der Waals surface area contributed by atoms with Crippen LogP contribution in [-0.2, 0) is 11.3 Å². The summed E-state index contributed by atoms with van der Waals surface area (Å²) in [5.41, 5.74) is 11.2. The van der Waals surface area contributed by atoms with Crippen LogP contribution in [0.15, 0.2) is 35.1 Å². The Kier molecular flexibility index (Phi) is 5.52. The fraction of sp³-hybridized carbons (Fsp3) is 0.286. The largest absolute Gasteiger partial charge is 0.364 e. The van der Waals surface area contributed by atoms with E-state index in [9.17, 15) is 4.79 Å². The molecule has 1 saturated heterocycles. The van der Waals surface area contributed by atoms with Gasteiger partial charge in [-0.15, -0.1) is 11.8 Å².